The third-order valence-corrected chi connectivity index (χ3v) is 4.45. The van der Waals surface area contributed by atoms with Crippen LogP contribution in [0.2, 0.25) is 0 Å². The van der Waals surface area contributed by atoms with Gasteiger partial charge in [-0.25, -0.2) is 9.97 Å². The summed E-state index contributed by atoms with van der Waals surface area (Å²) in [5.41, 5.74) is 2.43. The highest BCUT2D eigenvalue weighted by atomic mass is 79.9. The third kappa shape index (κ3) is 3.86. The van der Waals surface area contributed by atoms with E-state index in [9.17, 15) is 4.79 Å². The van der Waals surface area contributed by atoms with Gasteiger partial charge in [0.15, 0.2) is 16.8 Å². The first-order valence-corrected chi connectivity index (χ1v) is 8.63. The monoisotopic (exact) mass is 391 g/mol. The average molecular weight is 392 g/mol. The molecule has 3 rings (SSSR count). The minimum atomic E-state index is -0.0984. The van der Waals surface area contributed by atoms with E-state index in [1.165, 1.54) is 11.3 Å². The van der Waals surface area contributed by atoms with Crippen molar-refractivity contribution in [2.45, 2.75) is 20.3 Å². The molecule has 0 aliphatic heterocycles. The molecular weight excluding hydrogens is 378 g/mol. The van der Waals surface area contributed by atoms with Crippen LogP contribution in [0.1, 0.15) is 17.1 Å². The second kappa shape index (κ2) is 6.64. The number of halogens is 1. The minimum absolute atomic E-state index is 0.0984. The lowest BCUT2D eigenvalue weighted by Crippen LogP contribution is -2.14. The second-order valence-electron chi connectivity index (χ2n) is 5.04. The van der Waals surface area contributed by atoms with Crippen LogP contribution in [0.4, 0.5) is 5.13 Å². The summed E-state index contributed by atoms with van der Waals surface area (Å²) in [4.78, 5) is 20.7. The Morgan fingerprint density at radius 2 is 2.00 bits per heavy atom. The van der Waals surface area contributed by atoms with Gasteiger partial charge in [-0.1, -0.05) is 28.1 Å². The molecule has 0 atom stereocenters. The molecular formula is C16H14BrN3O2S. The molecule has 1 aromatic carbocycles. The van der Waals surface area contributed by atoms with Crippen LogP contribution in [0, 0.1) is 13.8 Å². The van der Waals surface area contributed by atoms with Gasteiger partial charge in [0.25, 0.3) is 0 Å². The average Bonchev–Trinajstić information content (AvgIpc) is 3.07. The molecule has 0 unspecified atom stereocenters. The molecule has 1 N–H and O–H groups in total. The van der Waals surface area contributed by atoms with Crippen LogP contribution in [-0.2, 0) is 11.2 Å². The van der Waals surface area contributed by atoms with Gasteiger partial charge >= 0.3 is 0 Å². The number of hydrogen-bond acceptors (Lipinski definition) is 5. The number of aryl methyl sites for hydroxylation is 2. The fourth-order valence-electron chi connectivity index (χ4n) is 2.16. The van der Waals surface area contributed by atoms with Gasteiger partial charge in [-0.2, -0.15) is 0 Å². The van der Waals surface area contributed by atoms with Gasteiger partial charge in [-0.3, -0.25) is 4.79 Å². The number of nitrogens with one attached hydrogen (secondary N) is 1. The molecule has 0 aliphatic carbocycles. The van der Waals surface area contributed by atoms with Gasteiger partial charge in [0.05, 0.1) is 12.1 Å². The Bertz CT molecular complexity index is 839. The topological polar surface area (TPSA) is 68.0 Å². The molecule has 0 radical (unpaired) electrons. The number of carbonyl (C=O) groups is 1. The van der Waals surface area contributed by atoms with E-state index >= 15 is 0 Å². The van der Waals surface area contributed by atoms with Crippen molar-refractivity contribution < 1.29 is 9.21 Å². The number of nitrogens with zero attached hydrogens (tertiary/aromatic N) is 2. The van der Waals surface area contributed by atoms with Gasteiger partial charge in [-0.05, 0) is 24.6 Å². The maximum absolute atomic E-state index is 12.1. The summed E-state index contributed by atoms with van der Waals surface area (Å²) in [6.07, 6.45) is 0.308. The predicted molar refractivity (Wildman–Crippen MR) is 93.6 cm³/mol. The fraction of sp³-hybridized carbons (Fsp3) is 0.188. The molecule has 2 heterocycles. The molecule has 0 bridgehead atoms. The van der Waals surface area contributed by atoms with E-state index in [1.54, 1.807) is 6.92 Å². The highest BCUT2D eigenvalue weighted by molar-refractivity contribution is 9.10. The molecule has 23 heavy (non-hydrogen) atoms. The van der Waals surface area contributed by atoms with E-state index in [2.05, 4.69) is 31.2 Å². The van der Waals surface area contributed by atoms with Crippen molar-refractivity contribution in [2.24, 2.45) is 0 Å². The molecule has 3 aromatic rings. The Balaban J connectivity index is 1.68. The van der Waals surface area contributed by atoms with Crippen LogP contribution in [0.15, 0.2) is 38.5 Å². The smallest absolute Gasteiger partial charge is 0.230 e. The largest absolute Gasteiger partial charge is 0.439 e. The first-order valence-electron chi connectivity index (χ1n) is 6.95. The molecule has 0 saturated heterocycles. The van der Waals surface area contributed by atoms with Crippen molar-refractivity contribution in [3.8, 4) is 11.5 Å². The Kier molecular flexibility index (Phi) is 4.58. The summed E-state index contributed by atoms with van der Waals surface area (Å²) in [6, 6.07) is 7.66. The van der Waals surface area contributed by atoms with Crippen LogP contribution < -0.4 is 5.32 Å². The van der Waals surface area contributed by atoms with Crippen molar-refractivity contribution in [2.75, 3.05) is 5.32 Å². The van der Waals surface area contributed by atoms with Crippen LogP contribution >= 0.6 is 27.3 Å². The van der Waals surface area contributed by atoms with E-state index in [-0.39, 0.29) is 5.91 Å². The molecule has 0 fully saturated rings. The number of amides is 1. The number of rotatable bonds is 4. The number of benzene rings is 1. The molecule has 0 spiro atoms. The van der Waals surface area contributed by atoms with Gasteiger partial charge in [-0.15, -0.1) is 11.3 Å². The van der Waals surface area contributed by atoms with Crippen molar-refractivity contribution in [1.82, 2.24) is 9.97 Å². The minimum Gasteiger partial charge on any atom is -0.439 e. The number of aromatic nitrogens is 2. The predicted octanol–water partition coefficient (Wildman–Crippen LogP) is 4.36. The first-order chi connectivity index (χ1) is 11.0. The third-order valence-electron chi connectivity index (χ3n) is 3.16. The summed E-state index contributed by atoms with van der Waals surface area (Å²) in [5, 5.41) is 5.22. The van der Waals surface area contributed by atoms with Gasteiger partial charge < -0.3 is 9.73 Å². The van der Waals surface area contributed by atoms with E-state index in [4.69, 9.17) is 4.42 Å². The normalized spacial score (nSPS) is 10.7. The quantitative estimate of drug-likeness (QED) is 0.717. The maximum atomic E-state index is 12.1. The lowest BCUT2D eigenvalue weighted by atomic mass is 10.1. The van der Waals surface area contributed by atoms with E-state index in [1.807, 2.05) is 36.6 Å². The van der Waals surface area contributed by atoms with Gasteiger partial charge in [0.2, 0.25) is 5.91 Å². The number of hydrogen-bond donors (Lipinski definition) is 1. The zero-order valence-corrected chi connectivity index (χ0v) is 15.0. The molecule has 0 saturated carbocycles. The molecule has 5 nitrogen and oxygen atoms in total. The lowest BCUT2D eigenvalue weighted by Gasteiger charge is -2.02. The number of thiazole rings is 1. The maximum Gasteiger partial charge on any atom is 0.230 e. The Morgan fingerprint density at radius 3 is 2.65 bits per heavy atom. The van der Waals surface area contributed by atoms with E-state index < -0.39 is 0 Å². The summed E-state index contributed by atoms with van der Waals surface area (Å²) in [5.74, 6) is 1.15. The summed E-state index contributed by atoms with van der Waals surface area (Å²) >= 11 is 4.74. The van der Waals surface area contributed by atoms with E-state index in [0.717, 1.165) is 15.7 Å². The van der Waals surface area contributed by atoms with E-state index in [0.29, 0.717) is 28.9 Å². The number of oxazole rings is 1. The second-order valence-corrected chi connectivity index (χ2v) is 6.81. The molecule has 0 aliphatic rings. The van der Waals surface area contributed by atoms with Crippen LogP contribution in [-0.4, -0.2) is 15.9 Å². The molecule has 2 aromatic heterocycles. The van der Waals surface area contributed by atoms with Crippen LogP contribution in [0.25, 0.3) is 11.5 Å². The van der Waals surface area contributed by atoms with Crippen LogP contribution in [0.3, 0.4) is 0 Å². The number of anilines is 1. The van der Waals surface area contributed by atoms with Crippen molar-refractivity contribution in [3.63, 3.8) is 0 Å². The van der Waals surface area contributed by atoms with Crippen LogP contribution in [0.5, 0.6) is 0 Å². The van der Waals surface area contributed by atoms with Crippen molar-refractivity contribution in [3.05, 3.63) is 51.3 Å². The highest BCUT2D eigenvalue weighted by Crippen LogP contribution is 2.28. The fourth-order valence-corrected chi connectivity index (χ4v) is 3.13. The zero-order chi connectivity index (χ0) is 16.4. The Hall–Kier alpha value is -1.99. The SMILES string of the molecule is Cc1nc(C)c(-c2csc(NC(=O)Cc3ccc(Br)cc3)n2)o1. The number of carbonyl (C=O) groups excluding carboxylic acids is 1. The van der Waals surface area contributed by atoms with Gasteiger partial charge in [0.1, 0.15) is 5.69 Å². The Morgan fingerprint density at radius 1 is 1.26 bits per heavy atom. The highest BCUT2D eigenvalue weighted by Gasteiger charge is 2.14. The molecule has 1 amide bonds. The van der Waals surface area contributed by atoms with Crippen molar-refractivity contribution >= 4 is 38.3 Å². The summed E-state index contributed by atoms with van der Waals surface area (Å²) in [6.45, 7) is 3.67. The van der Waals surface area contributed by atoms with Crippen molar-refractivity contribution in [1.29, 1.82) is 0 Å². The molecule has 7 heteroatoms. The first kappa shape index (κ1) is 15.9. The zero-order valence-electron chi connectivity index (χ0n) is 12.6. The van der Waals surface area contributed by atoms with Gasteiger partial charge in [0, 0.05) is 16.8 Å². The standard InChI is InChI=1S/C16H14BrN3O2S/c1-9-15(22-10(2)18-9)13-8-23-16(19-13)20-14(21)7-11-3-5-12(17)6-4-11/h3-6,8H,7H2,1-2H3,(H,19,20,21). The molecule has 118 valence electrons. The summed E-state index contributed by atoms with van der Waals surface area (Å²) < 4.78 is 6.53. The summed E-state index contributed by atoms with van der Waals surface area (Å²) in [7, 11) is 0. The lowest BCUT2D eigenvalue weighted by molar-refractivity contribution is -0.115. The Labute approximate surface area is 145 Å².